The first-order valence-corrected chi connectivity index (χ1v) is 7.38. The molecular weight excluding hydrogens is 252 g/mol. The van der Waals surface area contributed by atoms with Crippen LogP contribution in [0.5, 0.6) is 5.75 Å². The van der Waals surface area contributed by atoms with Gasteiger partial charge in [0.05, 0.1) is 12.1 Å². The second-order valence-corrected chi connectivity index (χ2v) is 5.73. The Morgan fingerprint density at radius 2 is 2.00 bits per heavy atom. The van der Waals surface area contributed by atoms with Gasteiger partial charge >= 0.3 is 0 Å². The Morgan fingerprint density at radius 1 is 1.30 bits per heavy atom. The van der Waals surface area contributed by atoms with Gasteiger partial charge in [-0.1, -0.05) is 0 Å². The van der Waals surface area contributed by atoms with E-state index in [4.69, 9.17) is 4.74 Å². The zero-order valence-corrected chi connectivity index (χ0v) is 12.5. The lowest BCUT2D eigenvalue weighted by Gasteiger charge is -2.27. The van der Waals surface area contributed by atoms with Crippen LogP contribution in [0, 0.1) is 0 Å². The van der Waals surface area contributed by atoms with E-state index in [1.54, 1.807) is 0 Å². The number of piperidine rings is 1. The summed E-state index contributed by atoms with van der Waals surface area (Å²) in [7, 11) is 0. The smallest absolute Gasteiger partial charge is 0.241 e. The minimum absolute atomic E-state index is 0.0501. The van der Waals surface area contributed by atoms with Crippen LogP contribution in [0.1, 0.15) is 40.0 Å². The molecule has 1 aromatic carbocycles. The number of hydrogen-bond acceptors (Lipinski definition) is 3. The standard InChI is InChI=1S/C16H24N2O2/c1-11(2)20-14-9-7-13(8-10-14)18-16(19)15-6-4-5-12(3)17-15/h7-12,15,17H,4-6H2,1-3H3,(H,18,19). The molecule has 0 radical (unpaired) electrons. The minimum Gasteiger partial charge on any atom is -0.491 e. The summed E-state index contributed by atoms with van der Waals surface area (Å²) >= 11 is 0. The summed E-state index contributed by atoms with van der Waals surface area (Å²) in [5, 5.41) is 6.29. The summed E-state index contributed by atoms with van der Waals surface area (Å²) < 4.78 is 5.58. The number of hydrogen-bond donors (Lipinski definition) is 2. The first-order valence-electron chi connectivity index (χ1n) is 7.38. The van der Waals surface area contributed by atoms with Gasteiger partial charge in [0.15, 0.2) is 0 Å². The van der Waals surface area contributed by atoms with E-state index in [-0.39, 0.29) is 18.1 Å². The molecular formula is C16H24N2O2. The zero-order chi connectivity index (χ0) is 14.5. The van der Waals surface area contributed by atoms with Gasteiger partial charge in [0.1, 0.15) is 5.75 Å². The number of anilines is 1. The third kappa shape index (κ3) is 4.23. The van der Waals surface area contributed by atoms with Gasteiger partial charge in [0.25, 0.3) is 0 Å². The molecule has 20 heavy (non-hydrogen) atoms. The van der Waals surface area contributed by atoms with Gasteiger partial charge in [-0.25, -0.2) is 0 Å². The number of nitrogens with one attached hydrogen (secondary N) is 2. The summed E-state index contributed by atoms with van der Waals surface area (Å²) in [4.78, 5) is 12.2. The number of amides is 1. The third-order valence-electron chi connectivity index (χ3n) is 3.43. The molecule has 4 nitrogen and oxygen atoms in total. The Balaban J connectivity index is 1.90. The Hall–Kier alpha value is -1.55. The number of carbonyl (C=O) groups is 1. The normalized spacial score (nSPS) is 22.6. The number of benzene rings is 1. The van der Waals surface area contributed by atoms with Crippen LogP contribution >= 0.6 is 0 Å². The highest BCUT2D eigenvalue weighted by molar-refractivity contribution is 5.94. The molecule has 0 spiro atoms. The van der Waals surface area contributed by atoms with Gasteiger partial charge < -0.3 is 15.4 Å². The Kier molecular flexibility index (Phi) is 5.01. The Labute approximate surface area is 120 Å². The predicted molar refractivity (Wildman–Crippen MR) is 81.1 cm³/mol. The number of carbonyl (C=O) groups excluding carboxylic acids is 1. The molecule has 2 N–H and O–H groups in total. The van der Waals surface area contributed by atoms with Gasteiger partial charge in [0, 0.05) is 11.7 Å². The van der Waals surface area contributed by atoms with Crippen LogP contribution < -0.4 is 15.4 Å². The molecule has 110 valence electrons. The van der Waals surface area contributed by atoms with Crippen molar-refractivity contribution < 1.29 is 9.53 Å². The van der Waals surface area contributed by atoms with E-state index < -0.39 is 0 Å². The van der Waals surface area contributed by atoms with E-state index in [2.05, 4.69) is 17.6 Å². The van der Waals surface area contributed by atoms with Crippen molar-refractivity contribution in [1.82, 2.24) is 5.32 Å². The predicted octanol–water partition coefficient (Wildman–Crippen LogP) is 2.94. The molecule has 1 saturated heterocycles. The molecule has 1 amide bonds. The summed E-state index contributed by atoms with van der Waals surface area (Å²) in [6.45, 7) is 6.11. The highest BCUT2D eigenvalue weighted by Crippen LogP contribution is 2.18. The van der Waals surface area contributed by atoms with Crippen molar-refractivity contribution in [2.45, 2.75) is 58.2 Å². The van der Waals surface area contributed by atoms with Crippen molar-refractivity contribution in [2.75, 3.05) is 5.32 Å². The summed E-state index contributed by atoms with van der Waals surface area (Å²) in [5.74, 6) is 0.872. The lowest BCUT2D eigenvalue weighted by molar-refractivity contribution is -0.118. The van der Waals surface area contributed by atoms with Crippen molar-refractivity contribution in [3.05, 3.63) is 24.3 Å². The van der Waals surface area contributed by atoms with Crippen molar-refractivity contribution in [1.29, 1.82) is 0 Å². The molecule has 2 rings (SSSR count). The van der Waals surface area contributed by atoms with Crippen molar-refractivity contribution in [3.63, 3.8) is 0 Å². The molecule has 1 aromatic rings. The highest BCUT2D eigenvalue weighted by atomic mass is 16.5. The van der Waals surface area contributed by atoms with E-state index in [0.717, 1.165) is 30.7 Å². The molecule has 0 aliphatic carbocycles. The lowest BCUT2D eigenvalue weighted by atomic mass is 9.99. The van der Waals surface area contributed by atoms with Gasteiger partial charge in [-0.3, -0.25) is 4.79 Å². The van der Waals surface area contributed by atoms with Crippen LogP contribution in [0.15, 0.2) is 24.3 Å². The molecule has 1 aliphatic heterocycles. The Morgan fingerprint density at radius 3 is 2.60 bits per heavy atom. The first kappa shape index (κ1) is 14.9. The van der Waals surface area contributed by atoms with Gasteiger partial charge in [-0.2, -0.15) is 0 Å². The lowest BCUT2D eigenvalue weighted by Crippen LogP contribution is -2.47. The van der Waals surface area contributed by atoms with Crippen LogP contribution in [0.25, 0.3) is 0 Å². The molecule has 1 heterocycles. The quantitative estimate of drug-likeness (QED) is 0.889. The number of ether oxygens (including phenoxy) is 1. The fourth-order valence-corrected chi connectivity index (χ4v) is 2.46. The van der Waals surface area contributed by atoms with E-state index >= 15 is 0 Å². The topological polar surface area (TPSA) is 50.4 Å². The van der Waals surface area contributed by atoms with Gasteiger partial charge in [-0.05, 0) is 64.3 Å². The molecule has 1 fully saturated rings. The molecule has 0 aromatic heterocycles. The van der Waals surface area contributed by atoms with Gasteiger partial charge in [-0.15, -0.1) is 0 Å². The van der Waals surface area contributed by atoms with Crippen LogP contribution in [-0.4, -0.2) is 24.1 Å². The minimum atomic E-state index is -0.0784. The number of rotatable bonds is 4. The molecule has 1 aliphatic rings. The largest absolute Gasteiger partial charge is 0.491 e. The fraction of sp³-hybridized carbons (Fsp3) is 0.562. The first-order chi connectivity index (χ1) is 9.54. The monoisotopic (exact) mass is 276 g/mol. The second kappa shape index (κ2) is 6.75. The van der Waals surface area contributed by atoms with E-state index in [9.17, 15) is 4.79 Å². The van der Waals surface area contributed by atoms with Crippen molar-refractivity contribution in [3.8, 4) is 5.75 Å². The van der Waals surface area contributed by atoms with Crippen LogP contribution in [0.2, 0.25) is 0 Å². The van der Waals surface area contributed by atoms with E-state index in [1.165, 1.54) is 0 Å². The van der Waals surface area contributed by atoms with Crippen molar-refractivity contribution >= 4 is 11.6 Å². The molecule has 0 bridgehead atoms. The van der Waals surface area contributed by atoms with Crippen LogP contribution in [0.3, 0.4) is 0 Å². The summed E-state index contributed by atoms with van der Waals surface area (Å²) in [6.07, 6.45) is 3.31. The summed E-state index contributed by atoms with van der Waals surface area (Å²) in [6, 6.07) is 7.86. The van der Waals surface area contributed by atoms with Crippen LogP contribution in [-0.2, 0) is 4.79 Å². The average molecular weight is 276 g/mol. The molecule has 2 unspecified atom stereocenters. The highest BCUT2D eigenvalue weighted by Gasteiger charge is 2.23. The average Bonchev–Trinajstić information content (AvgIpc) is 2.40. The Bertz CT molecular complexity index is 442. The maximum absolute atomic E-state index is 12.2. The molecule has 4 heteroatoms. The molecule has 2 atom stereocenters. The van der Waals surface area contributed by atoms with E-state index in [0.29, 0.717) is 6.04 Å². The fourth-order valence-electron chi connectivity index (χ4n) is 2.46. The zero-order valence-electron chi connectivity index (χ0n) is 12.5. The SMILES string of the molecule is CC1CCCC(C(=O)Nc2ccc(OC(C)C)cc2)N1. The molecule has 0 saturated carbocycles. The van der Waals surface area contributed by atoms with Crippen molar-refractivity contribution in [2.24, 2.45) is 0 Å². The maximum atomic E-state index is 12.2. The van der Waals surface area contributed by atoms with Gasteiger partial charge in [0.2, 0.25) is 5.91 Å². The third-order valence-corrected chi connectivity index (χ3v) is 3.43. The second-order valence-electron chi connectivity index (χ2n) is 5.73. The van der Waals surface area contributed by atoms with Crippen LogP contribution in [0.4, 0.5) is 5.69 Å². The van der Waals surface area contributed by atoms with E-state index in [1.807, 2.05) is 38.1 Å². The summed E-state index contributed by atoms with van der Waals surface area (Å²) in [5.41, 5.74) is 0.811. The maximum Gasteiger partial charge on any atom is 0.241 e.